The second kappa shape index (κ2) is 6.43. The zero-order valence-electron chi connectivity index (χ0n) is 12.3. The van der Waals surface area contributed by atoms with Gasteiger partial charge < -0.3 is 15.4 Å². The maximum atomic E-state index is 5.95. The lowest BCUT2D eigenvalue weighted by Gasteiger charge is -2.28. The maximum absolute atomic E-state index is 5.95. The van der Waals surface area contributed by atoms with E-state index in [1.165, 1.54) is 0 Å². The van der Waals surface area contributed by atoms with Gasteiger partial charge in [0.15, 0.2) is 0 Å². The molecule has 0 bridgehead atoms. The first-order valence-corrected chi connectivity index (χ1v) is 6.79. The normalized spacial score (nSPS) is 12.2. The molecule has 0 radical (unpaired) electrons. The Morgan fingerprint density at radius 3 is 2.85 bits per heavy atom. The third kappa shape index (κ3) is 2.93. The highest BCUT2D eigenvalue weighted by atomic mass is 16.5. The summed E-state index contributed by atoms with van der Waals surface area (Å²) in [6.45, 7) is 3.46. The Kier molecular flexibility index (Phi) is 4.63. The average molecular weight is 274 g/mol. The minimum absolute atomic E-state index is 0.0995. The molecule has 0 saturated heterocycles. The summed E-state index contributed by atoms with van der Waals surface area (Å²) in [5.41, 5.74) is 8.15. The summed E-state index contributed by atoms with van der Waals surface area (Å²) >= 11 is 0. The molecule has 20 heavy (non-hydrogen) atoms. The lowest BCUT2D eigenvalue weighted by Crippen LogP contribution is -2.30. The largest absolute Gasteiger partial charge is 0.497 e. The molecule has 0 saturated carbocycles. The SMILES string of the molecule is CCn1cc(C(CN)N(C)c2cccc(OC)c2)cn1. The van der Waals surface area contributed by atoms with E-state index in [1.807, 2.05) is 42.3 Å². The van der Waals surface area contributed by atoms with Crippen LogP contribution in [0.25, 0.3) is 0 Å². The first-order valence-electron chi connectivity index (χ1n) is 6.79. The van der Waals surface area contributed by atoms with Gasteiger partial charge in [-0.15, -0.1) is 0 Å². The van der Waals surface area contributed by atoms with Crippen molar-refractivity contribution in [3.8, 4) is 5.75 Å². The molecular formula is C15H22N4O. The summed E-state index contributed by atoms with van der Waals surface area (Å²) < 4.78 is 7.19. The number of ether oxygens (including phenoxy) is 1. The van der Waals surface area contributed by atoms with E-state index in [0.717, 1.165) is 23.5 Å². The Morgan fingerprint density at radius 2 is 2.25 bits per heavy atom. The Labute approximate surface area is 119 Å². The minimum Gasteiger partial charge on any atom is -0.497 e. The van der Waals surface area contributed by atoms with Crippen LogP contribution >= 0.6 is 0 Å². The first kappa shape index (κ1) is 14.4. The smallest absolute Gasteiger partial charge is 0.120 e. The van der Waals surface area contributed by atoms with E-state index in [4.69, 9.17) is 10.5 Å². The number of nitrogens with zero attached hydrogens (tertiary/aromatic N) is 3. The average Bonchev–Trinajstić information content (AvgIpc) is 2.96. The molecule has 2 rings (SSSR count). The lowest BCUT2D eigenvalue weighted by molar-refractivity contribution is 0.414. The summed E-state index contributed by atoms with van der Waals surface area (Å²) in [4.78, 5) is 2.15. The summed E-state index contributed by atoms with van der Waals surface area (Å²) in [6, 6.07) is 8.07. The highest BCUT2D eigenvalue weighted by molar-refractivity contribution is 5.52. The summed E-state index contributed by atoms with van der Waals surface area (Å²) in [5, 5.41) is 4.32. The van der Waals surface area contributed by atoms with Gasteiger partial charge in [-0.1, -0.05) is 6.07 Å². The maximum Gasteiger partial charge on any atom is 0.120 e. The minimum atomic E-state index is 0.0995. The number of anilines is 1. The molecule has 1 aromatic carbocycles. The van der Waals surface area contributed by atoms with Crippen LogP contribution in [0, 0.1) is 0 Å². The molecule has 5 heteroatoms. The zero-order valence-corrected chi connectivity index (χ0v) is 12.3. The number of likely N-dealkylation sites (N-methyl/N-ethyl adjacent to an activating group) is 1. The third-order valence-corrected chi connectivity index (χ3v) is 3.51. The second-order valence-electron chi connectivity index (χ2n) is 4.69. The summed E-state index contributed by atoms with van der Waals surface area (Å²) in [7, 11) is 3.71. The van der Waals surface area contributed by atoms with E-state index in [9.17, 15) is 0 Å². The number of rotatable bonds is 6. The fraction of sp³-hybridized carbons (Fsp3) is 0.400. The monoisotopic (exact) mass is 274 g/mol. The van der Waals surface area contributed by atoms with Gasteiger partial charge in [-0.2, -0.15) is 5.10 Å². The van der Waals surface area contributed by atoms with Gasteiger partial charge in [0.2, 0.25) is 0 Å². The Morgan fingerprint density at radius 1 is 1.45 bits per heavy atom. The number of hydrogen-bond acceptors (Lipinski definition) is 4. The lowest BCUT2D eigenvalue weighted by atomic mass is 10.1. The van der Waals surface area contributed by atoms with Crippen LogP contribution in [0.3, 0.4) is 0 Å². The van der Waals surface area contributed by atoms with Crippen molar-refractivity contribution in [1.82, 2.24) is 9.78 Å². The van der Waals surface area contributed by atoms with E-state index >= 15 is 0 Å². The van der Waals surface area contributed by atoms with E-state index < -0.39 is 0 Å². The van der Waals surface area contributed by atoms with Gasteiger partial charge in [0.05, 0.1) is 19.3 Å². The van der Waals surface area contributed by atoms with Crippen molar-refractivity contribution in [3.05, 3.63) is 42.2 Å². The van der Waals surface area contributed by atoms with E-state index in [-0.39, 0.29) is 6.04 Å². The molecule has 2 aromatic rings. The number of methoxy groups -OCH3 is 1. The molecule has 1 unspecified atom stereocenters. The second-order valence-corrected chi connectivity index (χ2v) is 4.69. The molecule has 0 amide bonds. The predicted octanol–water partition coefficient (Wildman–Crippen LogP) is 2.05. The van der Waals surface area contributed by atoms with Gasteiger partial charge in [-0.05, 0) is 19.1 Å². The van der Waals surface area contributed by atoms with Crippen molar-refractivity contribution in [1.29, 1.82) is 0 Å². The molecule has 1 aromatic heterocycles. The molecular weight excluding hydrogens is 252 g/mol. The van der Waals surface area contributed by atoms with Crippen LogP contribution in [-0.4, -0.2) is 30.5 Å². The van der Waals surface area contributed by atoms with Crippen LogP contribution in [0.4, 0.5) is 5.69 Å². The van der Waals surface area contributed by atoms with Gasteiger partial charge in [0.25, 0.3) is 0 Å². The van der Waals surface area contributed by atoms with Gasteiger partial charge >= 0.3 is 0 Å². The third-order valence-electron chi connectivity index (χ3n) is 3.51. The van der Waals surface area contributed by atoms with Crippen molar-refractivity contribution < 1.29 is 4.74 Å². The molecule has 2 N–H and O–H groups in total. The van der Waals surface area contributed by atoms with Crippen molar-refractivity contribution in [2.45, 2.75) is 19.5 Å². The summed E-state index contributed by atoms with van der Waals surface area (Å²) in [6.07, 6.45) is 3.94. The van der Waals surface area contributed by atoms with Crippen LogP contribution in [0.2, 0.25) is 0 Å². The highest BCUT2D eigenvalue weighted by Gasteiger charge is 2.18. The van der Waals surface area contributed by atoms with Gasteiger partial charge in [-0.3, -0.25) is 4.68 Å². The number of aromatic nitrogens is 2. The Bertz CT molecular complexity index is 552. The van der Waals surface area contributed by atoms with Crippen LogP contribution in [0.15, 0.2) is 36.7 Å². The molecule has 5 nitrogen and oxygen atoms in total. The van der Waals surface area contributed by atoms with Crippen LogP contribution in [0.5, 0.6) is 5.75 Å². The molecule has 1 atom stereocenters. The number of hydrogen-bond donors (Lipinski definition) is 1. The molecule has 0 aliphatic carbocycles. The van der Waals surface area contributed by atoms with Crippen LogP contribution in [0.1, 0.15) is 18.5 Å². The molecule has 108 valence electrons. The fourth-order valence-electron chi connectivity index (χ4n) is 2.25. The molecule has 0 fully saturated rings. The molecule has 0 spiro atoms. The predicted molar refractivity (Wildman–Crippen MR) is 81.1 cm³/mol. The Hall–Kier alpha value is -2.01. The van der Waals surface area contributed by atoms with Crippen molar-refractivity contribution in [2.75, 3.05) is 25.6 Å². The molecule has 0 aliphatic rings. The van der Waals surface area contributed by atoms with Crippen LogP contribution < -0.4 is 15.4 Å². The van der Waals surface area contributed by atoms with Crippen molar-refractivity contribution in [2.24, 2.45) is 5.73 Å². The highest BCUT2D eigenvalue weighted by Crippen LogP contribution is 2.27. The first-order chi connectivity index (χ1) is 9.69. The fourth-order valence-corrected chi connectivity index (χ4v) is 2.25. The number of benzene rings is 1. The topological polar surface area (TPSA) is 56.3 Å². The van der Waals surface area contributed by atoms with E-state index in [1.54, 1.807) is 7.11 Å². The molecule has 1 heterocycles. The zero-order chi connectivity index (χ0) is 14.5. The van der Waals surface area contributed by atoms with Gasteiger partial charge in [-0.25, -0.2) is 0 Å². The standard InChI is InChI=1S/C15H22N4O/c1-4-19-11-12(10-17-19)15(9-16)18(2)13-6-5-7-14(8-13)20-3/h5-8,10-11,15H,4,9,16H2,1-3H3. The Balaban J connectivity index is 2.25. The van der Waals surface area contributed by atoms with Crippen molar-refractivity contribution in [3.63, 3.8) is 0 Å². The number of nitrogens with two attached hydrogens (primary N) is 1. The van der Waals surface area contributed by atoms with E-state index in [0.29, 0.717) is 6.54 Å². The summed E-state index contributed by atoms with van der Waals surface area (Å²) in [5.74, 6) is 0.842. The molecule has 0 aliphatic heterocycles. The van der Waals surface area contributed by atoms with Gasteiger partial charge in [0, 0.05) is 43.7 Å². The van der Waals surface area contributed by atoms with E-state index in [2.05, 4.69) is 23.0 Å². The van der Waals surface area contributed by atoms with Crippen molar-refractivity contribution >= 4 is 5.69 Å². The quantitative estimate of drug-likeness (QED) is 0.876. The van der Waals surface area contributed by atoms with Crippen LogP contribution in [-0.2, 0) is 6.54 Å². The number of aryl methyl sites for hydroxylation is 1. The van der Waals surface area contributed by atoms with Gasteiger partial charge in [0.1, 0.15) is 5.75 Å².